The van der Waals surface area contributed by atoms with E-state index >= 15 is 0 Å². The van der Waals surface area contributed by atoms with Crippen molar-refractivity contribution in [2.24, 2.45) is 5.92 Å². The Morgan fingerprint density at radius 2 is 2.15 bits per heavy atom. The summed E-state index contributed by atoms with van der Waals surface area (Å²) in [6.45, 7) is 2.34. The van der Waals surface area contributed by atoms with Gasteiger partial charge >= 0.3 is 0 Å². The molecule has 0 heterocycles. The summed E-state index contributed by atoms with van der Waals surface area (Å²) in [6.07, 6.45) is 4.05. The van der Waals surface area contributed by atoms with E-state index < -0.39 is 0 Å². The topological polar surface area (TPSA) is 0 Å². The standard InChI is InChI=1S/C12H15B/c1-9-5-6-11(7-9)10-3-2-4-12(13)8-10/h2-4,8-9,11H,5-7H2,1H3. The van der Waals surface area contributed by atoms with Gasteiger partial charge in [-0.15, -0.1) is 0 Å². The van der Waals surface area contributed by atoms with Crippen LogP contribution in [0.25, 0.3) is 0 Å². The Kier molecular flexibility index (Phi) is 2.43. The van der Waals surface area contributed by atoms with Crippen LogP contribution in [0, 0.1) is 5.92 Å². The fourth-order valence-corrected chi connectivity index (χ4v) is 2.32. The average Bonchev–Trinajstić information content (AvgIpc) is 2.52. The number of hydrogen-bond acceptors (Lipinski definition) is 0. The molecule has 1 fully saturated rings. The summed E-state index contributed by atoms with van der Waals surface area (Å²) in [4.78, 5) is 0. The molecule has 1 saturated carbocycles. The maximum Gasteiger partial charge on any atom is 0.113 e. The van der Waals surface area contributed by atoms with Crippen LogP contribution in [-0.4, -0.2) is 7.85 Å². The third-order valence-electron chi connectivity index (χ3n) is 3.08. The van der Waals surface area contributed by atoms with E-state index in [0.29, 0.717) is 0 Å². The zero-order valence-electron chi connectivity index (χ0n) is 8.16. The number of benzene rings is 1. The van der Waals surface area contributed by atoms with E-state index in [9.17, 15) is 0 Å². The van der Waals surface area contributed by atoms with Crippen LogP contribution >= 0.6 is 0 Å². The van der Waals surface area contributed by atoms with Gasteiger partial charge in [-0.2, -0.15) is 0 Å². The van der Waals surface area contributed by atoms with Crippen molar-refractivity contribution in [3.05, 3.63) is 29.8 Å². The summed E-state index contributed by atoms with van der Waals surface area (Å²) < 4.78 is 0. The number of hydrogen-bond donors (Lipinski definition) is 0. The summed E-state index contributed by atoms with van der Waals surface area (Å²) in [5, 5.41) is 0. The third-order valence-corrected chi connectivity index (χ3v) is 3.08. The van der Waals surface area contributed by atoms with E-state index in [1.54, 1.807) is 0 Å². The van der Waals surface area contributed by atoms with Crippen molar-refractivity contribution in [3.63, 3.8) is 0 Å². The quantitative estimate of drug-likeness (QED) is 0.567. The van der Waals surface area contributed by atoms with E-state index in [0.717, 1.165) is 17.3 Å². The average molecular weight is 170 g/mol. The van der Waals surface area contributed by atoms with Crippen LogP contribution in [0.2, 0.25) is 0 Å². The van der Waals surface area contributed by atoms with Crippen LogP contribution in [0.4, 0.5) is 0 Å². The van der Waals surface area contributed by atoms with Gasteiger partial charge in [-0.3, -0.25) is 0 Å². The van der Waals surface area contributed by atoms with Crippen LogP contribution in [0.15, 0.2) is 24.3 Å². The minimum atomic E-state index is 0.762. The molecule has 1 heteroatoms. The summed E-state index contributed by atoms with van der Waals surface area (Å²) >= 11 is 0. The van der Waals surface area contributed by atoms with Crippen molar-refractivity contribution in [1.29, 1.82) is 0 Å². The molecule has 0 N–H and O–H groups in total. The van der Waals surface area contributed by atoms with Gasteiger partial charge in [0.2, 0.25) is 0 Å². The second-order valence-electron chi connectivity index (χ2n) is 4.29. The molecule has 66 valence electrons. The largest absolute Gasteiger partial charge is 0.113 e. The molecule has 0 amide bonds. The fourth-order valence-electron chi connectivity index (χ4n) is 2.32. The van der Waals surface area contributed by atoms with Crippen molar-refractivity contribution >= 4 is 13.3 Å². The molecular weight excluding hydrogens is 155 g/mol. The predicted octanol–water partition coefficient (Wildman–Crippen LogP) is 2.38. The highest BCUT2D eigenvalue weighted by Crippen LogP contribution is 2.37. The van der Waals surface area contributed by atoms with Crippen molar-refractivity contribution in [2.45, 2.75) is 32.1 Å². The minimum Gasteiger partial charge on any atom is -0.0964 e. The second kappa shape index (κ2) is 3.57. The molecule has 0 bridgehead atoms. The van der Waals surface area contributed by atoms with Crippen molar-refractivity contribution < 1.29 is 0 Å². The molecule has 2 unspecified atom stereocenters. The van der Waals surface area contributed by atoms with Gasteiger partial charge in [-0.25, -0.2) is 0 Å². The molecule has 1 aliphatic carbocycles. The molecule has 2 radical (unpaired) electrons. The van der Waals surface area contributed by atoms with Gasteiger partial charge in [-0.05, 0) is 30.2 Å². The molecule has 1 aromatic rings. The lowest BCUT2D eigenvalue weighted by molar-refractivity contribution is 0.596. The number of rotatable bonds is 1. The molecule has 1 aliphatic rings. The fraction of sp³-hybridized carbons (Fsp3) is 0.500. The lowest BCUT2D eigenvalue weighted by Crippen LogP contribution is -2.04. The highest BCUT2D eigenvalue weighted by molar-refractivity contribution is 6.32. The Morgan fingerprint density at radius 3 is 2.77 bits per heavy atom. The van der Waals surface area contributed by atoms with Crippen LogP contribution in [-0.2, 0) is 0 Å². The molecule has 0 nitrogen and oxygen atoms in total. The normalized spacial score (nSPS) is 27.8. The van der Waals surface area contributed by atoms with E-state index in [1.165, 1.54) is 24.8 Å². The lowest BCUT2D eigenvalue weighted by Gasteiger charge is -2.10. The van der Waals surface area contributed by atoms with E-state index in [2.05, 4.69) is 25.1 Å². The van der Waals surface area contributed by atoms with Gasteiger partial charge < -0.3 is 0 Å². The van der Waals surface area contributed by atoms with Crippen molar-refractivity contribution in [3.8, 4) is 0 Å². The first-order chi connectivity index (χ1) is 6.25. The molecule has 0 saturated heterocycles. The van der Waals surface area contributed by atoms with Gasteiger partial charge in [0, 0.05) is 0 Å². The molecular formula is C12H15B. The van der Waals surface area contributed by atoms with E-state index in [4.69, 9.17) is 7.85 Å². The first kappa shape index (κ1) is 8.86. The molecule has 1 aromatic carbocycles. The maximum absolute atomic E-state index is 5.76. The van der Waals surface area contributed by atoms with Gasteiger partial charge in [0.1, 0.15) is 7.85 Å². The highest BCUT2D eigenvalue weighted by Gasteiger charge is 2.22. The Balaban J connectivity index is 2.16. The monoisotopic (exact) mass is 170 g/mol. The Morgan fingerprint density at radius 1 is 1.31 bits per heavy atom. The van der Waals surface area contributed by atoms with Gasteiger partial charge in [0.25, 0.3) is 0 Å². The predicted molar refractivity (Wildman–Crippen MR) is 57.6 cm³/mol. The van der Waals surface area contributed by atoms with Crippen LogP contribution in [0.5, 0.6) is 0 Å². The third kappa shape index (κ3) is 1.96. The minimum absolute atomic E-state index is 0.762. The molecule has 0 aromatic heterocycles. The van der Waals surface area contributed by atoms with Gasteiger partial charge in [0.15, 0.2) is 0 Å². The van der Waals surface area contributed by atoms with Crippen molar-refractivity contribution in [1.82, 2.24) is 0 Å². The first-order valence-electron chi connectivity index (χ1n) is 5.11. The van der Waals surface area contributed by atoms with Crippen molar-refractivity contribution in [2.75, 3.05) is 0 Å². The van der Waals surface area contributed by atoms with Crippen LogP contribution < -0.4 is 5.46 Å². The Hall–Kier alpha value is -0.715. The summed E-state index contributed by atoms with van der Waals surface area (Å²) in [7, 11) is 5.76. The van der Waals surface area contributed by atoms with E-state index in [-0.39, 0.29) is 0 Å². The highest BCUT2D eigenvalue weighted by atomic mass is 14.3. The molecule has 2 atom stereocenters. The smallest absolute Gasteiger partial charge is 0.0964 e. The second-order valence-corrected chi connectivity index (χ2v) is 4.29. The SMILES string of the molecule is [B]c1cccc(C2CCC(C)C2)c1. The van der Waals surface area contributed by atoms with Gasteiger partial charge in [0.05, 0.1) is 0 Å². The Labute approximate surface area is 81.8 Å². The summed E-state index contributed by atoms with van der Waals surface area (Å²) in [5.74, 6) is 1.66. The molecule has 13 heavy (non-hydrogen) atoms. The summed E-state index contributed by atoms with van der Waals surface area (Å²) in [5.41, 5.74) is 2.33. The zero-order chi connectivity index (χ0) is 9.26. The first-order valence-corrected chi connectivity index (χ1v) is 5.11. The molecule has 0 spiro atoms. The van der Waals surface area contributed by atoms with Crippen LogP contribution in [0.3, 0.4) is 0 Å². The maximum atomic E-state index is 5.76. The molecule has 2 rings (SSSR count). The summed E-state index contributed by atoms with van der Waals surface area (Å²) in [6, 6.07) is 8.36. The zero-order valence-corrected chi connectivity index (χ0v) is 8.16. The van der Waals surface area contributed by atoms with Crippen LogP contribution in [0.1, 0.15) is 37.7 Å². The van der Waals surface area contributed by atoms with E-state index in [1.807, 2.05) is 6.07 Å². The Bertz CT molecular complexity index is 293. The molecule has 0 aliphatic heterocycles. The lowest BCUT2D eigenvalue weighted by atomic mass is 9.89. The van der Waals surface area contributed by atoms with Gasteiger partial charge in [-0.1, -0.05) is 43.1 Å².